The predicted octanol–water partition coefficient (Wildman–Crippen LogP) is -0.848. The van der Waals surface area contributed by atoms with Gasteiger partial charge in [-0.1, -0.05) is 0 Å². The molecule has 1 rings (SSSR count). The van der Waals surface area contributed by atoms with Gasteiger partial charge in [0, 0.05) is 0 Å². The van der Waals surface area contributed by atoms with Gasteiger partial charge in [-0.2, -0.15) is 0 Å². The smallest absolute Gasteiger partial charge is 0.240 e. The van der Waals surface area contributed by atoms with Crippen LogP contribution in [0.4, 0.5) is 5.95 Å². The molecule has 4 N–H and O–H groups in total. The Bertz CT molecular complexity index is 143. The third kappa shape index (κ3) is 1.09. The second-order valence-electron chi connectivity index (χ2n) is 1.10. The average molecular weight is 180 g/mol. The topological polar surface area (TPSA) is 82.8 Å². The third-order valence-corrected chi connectivity index (χ3v) is 0.601. The van der Waals surface area contributed by atoms with Gasteiger partial charge in [0.2, 0.25) is 5.95 Å². The molecule has 0 spiro atoms. The first-order valence-corrected chi connectivity index (χ1v) is 1.71. The summed E-state index contributed by atoms with van der Waals surface area (Å²) in [5, 5.41) is 6.77. The molecule has 0 atom stereocenters. The Balaban J connectivity index is 0.000000490. The molecular weight excluding hydrogens is 174 g/mol. The van der Waals surface area contributed by atoms with E-state index in [-0.39, 0.29) is 22.9 Å². The summed E-state index contributed by atoms with van der Waals surface area (Å²) in [6.07, 6.45) is 1.33. The van der Waals surface area contributed by atoms with E-state index in [4.69, 9.17) is 11.6 Å². The van der Waals surface area contributed by atoms with E-state index in [0.29, 0.717) is 0 Å². The number of nitrogens with zero attached hydrogens (tertiary/aromatic N) is 3. The van der Waals surface area contributed by atoms with E-state index in [9.17, 15) is 0 Å². The fourth-order valence-electron chi connectivity index (χ4n) is 0.251. The lowest BCUT2D eigenvalue weighted by Gasteiger charge is -1.85. The van der Waals surface area contributed by atoms with Crippen LogP contribution in [0, 0.1) is 0 Å². The van der Waals surface area contributed by atoms with Crippen LogP contribution >= 0.6 is 17.0 Å². The number of nitrogens with two attached hydrogens (primary N) is 2. The largest absolute Gasteiger partial charge is 0.366 e. The molecule has 1 heterocycles. The van der Waals surface area contributed by atoms with Crippen LogP contribution in [-0.2, 0) is 0 Å². The van der Waals surface area contributed by atoms with Gasteiger partial charge in [0.05, 0.1) is 0 Å². The SMILES string of the molecule is Br.Nc1nncn1N. The van der Waals surface area contributed by atoms with Gasteiger partial charge in [-0.25, -0.2) is 4.68 Å². The fraction of sp³-hybridized carbons (Fsp3) is 0. The van der Waals surface area contributed by atoms with Crippen molar-refractivity contribution in [3.63, 3.8) is 0 Å². The Kier molecular flexibility index (Phi) is 2.26. The minimum Gasteiger partial charge on any atom is -0.366 e. The molecule has 6 heteroatoms. The van der Waals surface area contributed by atoms with Gasteiger partial charge in [0.15, 0.2) is 0 Å². The van der Waals surface area contributed by atoms with Crippen molar-refractivity contribution in [1.29, 1.82) is 0 Å². The number of hydrogen-bond acceptors (Lipinski definition) is 4. The van der Waals surface area contributed by atoms with Crippen LogP contribution in [0.15, 0.2) is 6.33 Å². The van der Waals surface area contributed by atoms with Crippen molar-refractivity contribution in [3.05, 3.63) is 6.33 Å². The Morgan fingerprint density at radius 3 is 2.38 bits per heavy atom. The summed E-state index contributed by atoms with van der Waals surface area (Å²) in [5.74, 6) is 5.33. The van der Waals surface area contributed by atoms with Gasteiger partial charge in [-0.05, 0) is 0 Å². The number of nitrogen functional groups attached to an aromatic ring is 2. The summed E-state index contributed by atoms with van der Waals surface area (Å²) in [6, 6.07) is 0. The lowest BCUT2D eigenvalue weighted by molar-refractivity contribution is 1.01. The van der Waals surface area contributed by atoms with Crippen molar-refractivity contribution in [2.45, 2.75) is 0 Å². The number of halogens is 1. The molecule has 0 bridgehead atoms. The van der Waals surface area contributed by atoms with Gasteiger partial charge >= 0.3 is 0 Å². The van der Waals surface area contributed by atoms with E-state index in [1.807, 2.05) is 0 Å². The lowest BCUT2D eigenvalue weighted by atomic mass is 11.1. The quantitative estimate of drug-likeness (QED) is 0.509. The number of aromatic nitrogens is 3. The zero-order valence-electron chi connectivity index (χ0n) is 3.98. The molecule has 5 nitrogen and oxygen atoms in total. The molecule has 46 valence electrons. The van der Waals surface area contributed by atoms with Crippen molar-refractivity contribution in [2.24, 2.45) is 0 Å². The average Bonchev–Trinajstić information content (AvgIpc) is 1.91. The van der Waals surface area contributed by atoms with Crippen LogP contribution in [0.1, 0.15) is 0 Å². The van der Waals surface area contributed by atoms with E-state index in [2.05, 4.69) is 10.2 Å². The van der Waals surface area contributed by atoms with E-state index in [1.165, 1.54) is 6.33 Å². The molecule has 0 saturated carbocycles. The van der Waals surface area contributed by atoms with Crippen molar-refractivity contribution < 1.29 is 0 Å². The maximum Gasteiger partial charge on any atom is 0.240 e. The second kappa shape index (κ2) is 2.51. The van der Waals surface area contributed by atoms with Crippen molar-refractivity contribution in [3.8, 4) is 0 Å². The molecule has 0 amide bonds. The number of rotatable bonds is 0. The summed E-state index contributed by atoms with van der Waals surface area (Å²) in [5.41, 5.74) is 5.10. The highest BCUT2D eigenvalue weighted by atomic mass is 79.9. The summed E-state index contributed by atoms with van der Waals surface area (Å²) >= 11 is 0. The first kappa shape index (κ1) is 7.22. The first-order valence-electron chi connectivity index (χ1n) is 1.71. The molecule has 1 aromatic rings. The highest BCUT2D eigenvalue weighted by molar-refractivity contribution is 8.93. The van der Waals surface area contributed by atoms with Crippen LogP contribution in [0.2, 0.25) is 0 Å². The Morgan fingerprint density at radius 1 is 1.62 bits per heavy atom. The Morgan fingerprint density at radius 2 is 2.25 bits per heavy atom. The van der Waals surface area contributed by atoms with Crippen LogP contribution in [-0.4, -0.2) is 14.9 Å². The zero-order chi connectivity index (χ0) is 5.28. The number of hydrogen-bond donors (Lipinski definition) is 2. The van der Waals surface area contributed by atoms with Gasteiger partial charge in [-0.3, -0.25) is 0 Å². The van der Waals surface area contributed by atoms with E-state index in [1.54, 1.807) is 0 Å². The normalized spacial score (nSPS) is 8.00. The third-order valence-electron chi connectivity index (χ3n) is 0.601. The zero-order valence-corrected chi connectivity index (χ0v) is 5.70. The van der Waals surface area contributed by atoms with Crippen LogP contribution in [0.5, 0.6) is 0 Å². The number of anilines is 1. The second-order valence-corrected chi connectivity index (χ2v) is 1.10. The molecule has 0 saturated heterocycles. The first-order chi connectivity index (χ1) is 3.30. The van der Waals surface area contributed by atoms with Crippen LogP contribution in [0.25, 0.3) is 0 Å². The molecule has 0 aromatic carbocycles. The van der Waals surface area contributed by atoms with Crippen LogP contribution < -0.4 is 11.6 Å². The molecule has 0 aliphatic carbocycles. The highest BCUT2D eigenvalue weighted by Gasteiger charge is 1.87. The van der Waals surface area contributed by atoms with E-state index >= 15 is 0 Å². The maximum atomic E-state index is 5.11. The molecule has 0 unspecified atom stereocenters. The summed E-state index contributed by atoms with van der Waals surface area (Å²) < 4.78 is 1.14. The predicted molar refractivity (Wildman–Crippen MR) is 34.9 cm³/mol. The summed E-state index contributed by atoms with van der Waals surface area (Å²) in [6.45, 7) is 0. The molecular formula is C2H6BrN5. The van der Waals surface area contributed by atoms with E-state index in [0.717, 1.165) is 4.68 Å². The minimum absolute atomic E-state index is 0. The summed E-state index contributed by atoms with van der Waals surface area (Å²) in [7, 11) is 0. The Labute approximate surface area is 56.4 Å². The molecule has 0 fully saturated rings. The standard InChI is InChI=1S/C2H5N5.BrH/c3-2-6-5-1-7(2)4;/h1H,4H2,(H2,3,6);1H. The maximum absolute atomic E-state index is 5.11. The Hall–Kier alpha value is -0.780. The van der Waals surface area contributed by atoms with Crippen molar-refractivity contribution in [2.75, 3.05) is 11.6 Å². The summed E-state index contributed by atoms with van der Waals surface area (Å²) in [4.78, 5) is 0. The van der Waals surface area contributed by atoms with Gasteiger partial charge < -0.3 is 11.6 Å². The van der Waals surface area contributed by atoms with Crippen LogP contribution in [0.3, 0.4) is 0 Å². The monoisotopic (exact) mass is 179 g/mol. The molecule has 0 radical (unpaired) electrons. The lowest BCUT2D eigenvalue weighted by Crippen LogP contribution is -2.09. The van der Waals surface area contributed by atoms with Gasteiger partial charge in [0.25, 0.3) is 0 Å². The van der Waals surface area contributed by atoms with Crippen molar-refractivity contribution in [1.82, 2.24) is 14.9 Å². The van der Waals surface area contributed by atoms with Crippen molar-refractivity contribution >= 4 is 22.9 Å². The highest BCUT2D eigenvalue weighted by Crippen LogP contribution is 1.83. The molecule has 0 aliphatic rings. The minimum atomic E-state index is 0. The van der Waals surface area contributed by atoms with E-state index < -0.39 is 0 Å². The van der Waals surface area contributed by atoms with Gasteiger partial charge in [-0.15, -0.1) is 27.2 Å². The molecule has 0 aliphatic heterocycles. The van der Waals surface area contributed by atoms with Gasteiger partial charge in [0.1, 0.15) is 6.33 Å². The molecule has 8 heavy (non-hydrogen) atoms. The molecule has 1 aromatic heterocycles. The fourth-order valence-corrected chi connectivity index (χ4v) is 0.251.